The maximum absolute atomic E-state index is 11.4. The van der Waals surface area contributed by atoms with Crippen LogP contribution < -0.4 is 5.32 Å². The van der Waals surface area contributed by atoms with Crippen molar-refractivity contribution < 1.29 is 4.79 Å². The van der Waals surface area contributed by atoms with Crippen molar-refractivity contribution in [2.75, 3.05) is 11.2 Å². The topological polar surface area (TPSA) is 59.8 Å². The molecule has 0 aliphatic carbocycles. The van der Waals surface area contributed by atoms with Crippen LogP contribution in [0.2, 0.25) is 0 Å². The van der Waals surface area contributed by atoms with Crippen molar-refractivity contribution in [2.45, 2.75) is 32.2 Å². The molecule has 1 aliphatic rings. The molecule has 0 saturated heterocycles. The molecule has 0 saturated carbocycles. The van der Waals surface area contributed by atoms with Crippen LogP contribution in [-0.4, -0.2) is 26.6 Å². The second-order valence-corrected chi connectivity index (χ2v) is 5.43. The molecular weight excluding hydrogens is 288 g/mol. The third-order valence-electron chi connectivity index (χ3n) is 3.64. The van der Waals surface area contributed by atoms with Gasteiger partial charge in [0, 0.05) is 24.2 Å². The summed E-state index contributed by atoms with van der Waals surface area (Å²) in [6, 6.07) is 7.64. The highest BCUT2D eigenvalue weighted by molar-refractivity contribution is 6.29. The minimum atomic E-state index is -0.214. The van der Waals surface area contributed by atoms with E-state index in [-0.39, 0.29) is 11.8 Å². The second-order valence-electron chi connectivity index (χ2n) is 5.16. The van der Waals surface area contributed by atoms with Crippen molar-refractivity contribution in [3.05, 3.63) is 30.1 Å². The molecule has 2 aromatic rings. The Morgan fingerprint density at radius 1 is 1.29 bits per heavy atom. The Kier molecular flexibility index (Phi) is 4.20. The van der Waals surface area contributed by atoms with E-state index in [0.717, 1.165) is 42.3 Å². The molecule has 0 radical (unpaired) electrons. The van der Waals surface area contributed by atoms with Gasteiger partial charge in [-0.25, -0.2) is 0 Å². The molecule has 0 fully saturated rings. The summed E-state index contributed by atoms with van der Waals surface area (Å²) in [6.07, 6.45) is 4.54. The Hall–Kier alpha value is -1.88. The number of hydrogen-bond acceptors (Lipinski definition) is 3. The number of benzene rings is 1. The van der Waals surface area contributed by atoms with Crippen molar-refractivity contribution in [3.8, 4) is 11.4 Å². The molecule has 1 N–H and O–H groups in total. The first kappa shape index (κ1) is 14.1. The van der Waals surface area contributed by atoms with Gasteiger partial charge in [-0.1, -0.05) is 18.6 Å². The Bertz CT molecular complexity index is 653. The van der Waals surface area contributed by atoms with Gasteiger partial charge in [-0.05, 0) is 25.0 Å². The van der Waals surface area contributed by atoms with E-state index in [9.17, 15) is 4.79 Å². The summed E-state index contributed by atoms with van der Waals surface area (Å²) in [5.41, 5.74) is 1.69. The fraction of sp³-hybridized carbons (Fsp3) is 0.400. The van der Waals surface area contributed by atoms with Gasteiger partial charge >= 0.3 is 0 Å². The van der Waals surface area contributed by atoms with Crippen LogP contribution in [0.1, 0.15) is 25.1 Å². The molecule has 0 unspecified atom stereocenters. The maximum atomic E-state index is 11.4. The number of aromatic nitrogens is 3. The summed E-state index contributed by atoms with van der Waals surface area (Å²) < 4.78 is 2.19. The van der Waals surface area contributed by atoms with Crippen LogP contribution in [0.5, 0.6) is 0 Å². The molecule has 0 bridgehead atoms. The van der Waals surface area contributed by atoms with Crippen molar-refractivity contribution in [1.29, 1.82) is 0 Å². The molecule has 110 valence electrons. The fourth-order valence-electron chi connectivity index (χ4n) is 2.63. The van der Waals surface area contributed by atoms with Crippen molar-refractivity contribution in [2.24, 2.45) is 0 Å². The average molecular weight is 305 g/mol. The van der Waals surface area contributed by atoms with Crippen LogP contribution in [0, 0.1) is 0 Å². The highest BCUT2D eigenvalue weighted by Gasteiger charge is 2.16. The number of amides is 1. The molecule has 5 nitrogen and oxygen atoms in total. The number of carbonyl (C=O) groups excluding carboxylic acids is 1. The zero-order valence-electron chi connectivity index (χ0n) is 11.7. The van der Waals surface area contributed by atoms with E-state index in [1.165, 1.54) is 12.8 Å². The highest BCUT2D eigenvalue weighted by atomic mass is 35.5. The molecule has 6 heteroatoms. The Morgan fingerprint density at radius 2 is 2.19 bits per heavy atom. The normalized spacial score (nSPS) is 14.3. The van der Waals surface area contributed by atoms with Crippen molar-refractivity contribution in [3.63, 3.8) is 0 Å². The number of hydrogen-bond donors (Lipinski definition) is 1. The lowest BCUT2D eigenvalue weighted by Crippen LogP contribution is -2.12. The summed E-state index contributed by atoms with van der Waals surface area (Å²) in [5, 5.41) is 11.4. The Labute approximate surface area is 128 Å². The molecular formula is C15H17ClN4O. The van der Waals surface area contributed by atoms with E-state index in [2.05, 4.69) is 20.1 Å². The number of nitrogens with one attached hydrogen (secondary N) is 1. The fourth-order valence-corrected chi connectivity index (χ4v) is 2.70. The zero-order valence-corrected chi connectivity index (χ0v) is 12.4. The number of carbonyl (C=O) groups is 1. The third-order valence-corrected chi connectivity index (χ3v) is 3.88. The maximum Gasteiger partial charge on any atom is 0.239 e. The smallest absolute Gasteiger partial charge is 0.239 e. The molecule has 0 atom stereocenters. The quantitative estimate of drug-likeness (QED) is 0.887. The predicted octanol–water partition coefficient (Wildman–Crippen LogP) is 2.85. The van der Waals surface area contributed by atoms with E-state index in [4.69, 9.17) is 11.6 Å². The molecule has 0 spiro atoms. The number of aryl methyl sites for hydroxylation is 1. The number of alkyl halides is 1. The van der Waals surface area contributed by atoms with Crippen LogP contribution in [0.15, 0.2) is 24.3 Å². The minimum Gasteiger partial charge on any atom is -0.325 e. The van der Waals surface area contributed by atoms with Crippen LogP contribution in [0.4, 0.5) is 5.69 Å². The number of anilines is 1. The SMILES string of the molecule is O=C(CCl)Nc1cccc(-c2nnc3n2CCCCC3)c1. The summed E-state index contributed by atoms with van der Waals surface area (Å²) in [5.74, 6) is 1.66. The van der Waals surface area contributed by atoms with Gasteiger partial charge in [0.25, 0.3) is 0 Å². The molecule has 1 aromatic carbocycles. The van der Waals surface area contributed by atoms with Gasteiger partial charge in [0.1, 0.15) is 11.7 Å². The average Bonchev–Trinajstić information content (AvgIpc) is 2.76. The summed E-state index contributed by atoms with van der Waals surface area (Å²) >= 11 is 5.52. The highest BCUT2D eigenvalue weighted by Crippen LogP contribution is 2.24. The van der Waals surface area contributed by atoms with E-state index >= 15 is 0 Å². The van der Waals surface area contributed by atoms with Crippen molar-refractivity contribution >= 4 is 23.2 Å². The van der Waals surface area contributed by atoms with E-state index in [1.54, 1.807) is 0 Å². The van der Waals surface area contributed by atoms with Gasteiger partial charge in [0.2, 0.25) is 5.91 Å². The third kappa shape index (κ3) is 3.08. The minimum absolute atomic E-state index is 0.0510. The second kappa shape index (κ2) is 6.26. The van der Waals surface area contributed by atoms with Gasteiger partial charge in [0.15, 0.2) is 5.82 Å². The van der Waals surface area contributed by atoms with E-state index in [0.29, 0.717) is 0 Å². The lowest BCUT2D eigenvalue weighted by atomic mass is 10.2. The Balaban J connectivity index is 1.92. The first-order chi connectivity index (χ1) is 10.3. The van der Waals surface area contributed by atoms with Gasteiger partial charge in [-0.2, -0.15) is 0 Å². The number of halogens is 1. The number of nitrogens with zero attached hydrogens (tertiary/aromatic N) is 3. The molecule has 1 aromatic heterocycles. The van der Waals surface area contributed by atoms with Gasteiger partial charge < -0.3 is 9.88 Å². The van der Waals surface area contributed by atoms with Crippen LogP contribution in [0.25, 0.3) is 11.4 Å². The first-order valence-corrected chi connectivity index (χ1v) is 7.70. The molecule has 3 rings (SSSR count). The van der Waals surface area contributed by atoms with E-state index in [1.807, 2.05) is 24.3 Å². The number of fused-ring (bicyclic) bond motifs is 1. The van der Waals surface area contributed by atoms with E-state index < -0.39 is 0 Å². The molecule has 2 heterocycles. The lowest BCUT2D eigenvalue weighted by Gasteiger charge is -2.09. The van der Waals surface area contributed by atoms with Crippen LogP contribution >= 0.6 is 11.6 Å². The summed E-state index contributed by atoms with van der Waals surface area (Å²) in [4.78, 5) is 11.4. The molecule has 1 amide bonds. The number of rotatable bonds is 3. The van der Waals surface area contributed by atoms with Gasteiger partial charge in [-0.15, -0.1) is 21.8 Å². The van der Waals surface area contributed by atoms with Gasteiger partial charge in [0.05, 0.1) is 0 Å². The molecule has 21 heavy (non-hydrogen) atoms. The monoisotopic (exact) mass is 304 g/mol. The van der Waals surface area contributed by atoms with Crippen LogP contribution in [0.3, 0.4) is 0 Å². The summed E-state index contributed by atoms with van der Waals surface area (Å²) in [7, 11) is 0. The lowest BCUT2D eigenvalue weighted by molar-refractivity contribution is -0.113. The standard InChI is InChI=1S/C15H17ClN4O/c16-10-14(21)17-12-6-4-5-11(9-12)15-19-18-13-7-2-1-3-8-20(13)15/h4-6,9H,1-3,7-8,10H2,(H,17,21). The largest absolute Gasteiger partial charge is 0.325 e. The Morgan fingerprint density at radius 3 is 3.05 bits per heavy atom. The van der Waals surface area contributed by atoms with Crippen molar-refractivity contribution in [1.82, 2.24) is 14.8 Å². The van der Waals surface area contributed by atoms with Crippen LogP contribution in [-0.2, 0) is 17.8 Å². The van der Waals surface area contributed by atoms with Gasteiger partial charge in [-0.3, -0.25) is 4.79 Å². The predicted molar refractivity (Wildman–Crippen MR) is 82.4 cm³/mol. The zero-order chi connectivity index (χ0) is 14.7. The summed E-state index contributed by atoms with van der Waals surface area (Å²) in [6.45, 7) is 0.954. The first-order valence-electron chi connectivity index (χ1n) is 7.16. The molecule has 1 aliphatic heterocycles.